The summed E-state index contributed by atoms with van der Waals surface area (Å²) in [4.78, 5) is 25.0. The number of ether oxygens (including phenoxy) is 1. The zero-order chi connectivity index (χ0) is 20.9. The standard InChI is InChI=1S/C23H34N4O3/c1-18(2)29-22-9-5-4-8-21(22)26-14-12-25(13-15-26)17-19-16-20(24-30-19)23(28)27-10-6-3-7-11-27/h4-5,8-9,18-19H,3,6-7,10-17H2,1-2H3. The molecule has 0 aliphatic carbocycles. The summed E-state index contributed by atoms with van der Waals surface area (Å²) in [6.45, 7) is 10.5. The number of para-hydroxylation sites is 2. The number of hydrogen-bond acceptors (Lipinski definition) is 6. The number of oxime groups is 1. The first-order valence-corrected chi connectivity index (χ1v) is 11.3. The second-order valence-electron chi connectivity index (χ2n) is 8.74. The molecule has 1 atom stereocenters. The highest BCUT2D eigenvalue weighted by Gasteiger charge is 2.32. The van der Waals surface area contributed by atoms with E-state index in [1.165, 1.54) is 12.1 Å². The predicted molar refractivity (Wildman–Crippen MR) is 118 cm³/mol. The Morgan fingerprint density at radius 1 is 1.10 bits per heavy atom. The van der Waals surface area contributed by atoms with E-state index < -0.39 is 0 Å². The topological polar surface area (TPSA) is 57.6 Å². The maximum atomic E-state index is 12.6. The van der Waals surface area contributed by atoms with Crippen molar-refractivity contribution in [2.45, 2.75) is 51.7 Å². The molecule has 7 heteroatoms. The summed E-state index contributed by atoms with van der Waals surface area (Å²) in [5.41, 5.74) is 1.76. The van der Waals surface area contributed by atoms with Crippen molar-refractivity contribution in [2.24, 2.45) is 5.16 Å². The van der Waals surface area contributed by atoms with Crippen molar-refractivity contribution >= 4 is 17.3 Å². The number of carbonyl (C=O) groups is 1. The van der Waals surface area contributed by atoms with Crippen LogP contribution in [0, 0.1) is 0 Å². The van der Waals surface area contributed by atoms with Gasteiger partial charge < -0.3 is 19.4 Å². The fourth-order valence-electron chi connectivity index (χ4n) is 4.46. The molecule has 0 spiro atoms. The molecule has 164 valence electrons. The molecule has 0 aromatic heterocycles. The first-order chi connectivity index (χ1) is 14.6. The van der Waals surface area contributed by atoms with E-state index in [1.54, 1.807) is 0 Å². The molecule has 1 aromatic carbocycles. The Morgan fingerprint density at radius 3 is 2.57 bits per heavy atom. The SMILES string of the molecule is CC(C)Oc1ccccc1N1CCN(CC2CC(C(=O)N3CCCCC3)=NO2)CC1. The van der Waals surface area contributed by atoms with E-state index in [0.29, 0.717) is 12.1 Å². The summed E-state index contributed by atoms with van der Waals surface area (Å²) >= 11 is 0. The highest BCUT2D eigenvalue weighted by Crippen LogP contribution is 2.30. The first-order valence-electron chi connectivity index (χ1n) is 11.3. The fourth-order valence-corrected chi connectivity index (χ4v) is 4.46. The normalized spacial score (nSPS) is 22.8. The summed E-state index contributed by atoms with van der Waals surface area (Å²) in [6.07, 6.45) is 4.18. The molecule has 7 nitrogen and oxygen atoms in total. The van der Waals surface area contributed by atoms with Crippen LogP contribution in [0.5, 0.6) is 5.75 Å². The minimum atomic E-state index is -0.0168. The molecule has 0 radical (unpaired) electrons. The number of amides is 1. The molecular formula is C23H34N4O3. The lowest BCUT2D eigenvalue weighted by atomic mass is 10.1. The van der Waals surface area contributed by atoms with Crippen LogP contribution in [0.3, 0.4) is 0 Å². The van der Waals surface area contributed by atoms with Crippen LogP contribution in [0.25, 0.3) is 0 Å². The van der Waals surface area contributed by atoms with E-state index in [2.05, 4.69) is 40.9 Å². The smallest absolute Gasteiger partial charge is 0.271 e. The lowest BCUT2D eigenvalue weighted by Crippen LogP contribution is -2.49. The van der Waals surface area contributed by atoms with E-state index in [9.17, 15) is 4.79 Å². The number of piperidine rings is 1. The van der Waals surface area contributed by atoms with Crippen molar-refractivity contribution in [3.63, 3.8) is 0 Å². The molecule has 2 fully saturated rings. The van der Waals surface area contributed by atoms with Gasteiger partial charge in [0, 0.05) is 52.2 Å². The van der Waals surface area contributed by atoms with Crippen molar-refractivity contribution in [1.29, 1.82) is 0 Å². The Morgan fingerprint density at radius 2 is 1.83 bits per heavy atom. The summed E-state index contributed by atoms with van der Waals surface area (Å²) < 4.78 is 5.99. The van der Waals surface area contributed by atoms with Gasteiger partial charge in [-0.3, -0.25) is 9.69 Å². The number of carbonyl (C=O) groups excluding carboxylic acids is 1. The molecular weight excluding hydrogens is 380 g/mol. The van der Waals surface area contributed by atoms with Crippen molar-refractivity contribution in [3.05, 3.63) is 24.3 Å². The van der Waals surface area contributed by atoms with Gasteiger partial charge in [0.15, 0.2) is 0 Å². The molecule has 0 saturated carbocycles. The Hall–Kier alpha value is -2.28. The van der Waals surface area contributed by atoms with Crippen molar-refractivity contribution in [1.82, 2.24) is 9.80 Å². The van der Waals surface area contributed by atoms with Crippen molar-refractivity contribution in [3.8, 4) is 5.75 Å². The van der Waals surface area contributed by atoms with Crippen LogP contribution in [0.4, 0.5) is 5.69 Å². The average Bonchev–Trinajstić information content (AvgIpc) is 3.23. The van der Waals surface area contributed by atoms with Gasteiger partial charge in [0.2, 0.25) is 0 Å². The van der Waals surface area contributed by atoms with Gasteiger partial charge in [0.1, 0.15) is 17.6 Å². The quantitative estimate of drug-likeness (QED) is 0.716. The second kappa shape index (κ2) is 9.69. The molecule has 1 aromatic rings. The van der Waals surface area contributed by atoms with Gasteiger partial charge in [-0.1, -0.05) is 17.3 Å². The zero-order valence-corrected chi connectivity index (χ0v) is 18.3. The van der Waals surface area contributed by atoms with E-state index >= 15 is 0 Å². The van der Waals surface area contributed by atoms with Gasteiger partial charge in [-0.05, 0) is 45.2 Å². The number of benzene rings is 1. The Kier molecular flexibility index (Phi) is 6.77. The third kappa shape index (κ3) is 5.06. The molecule has 0 N–H and O–H groups in total. The molecule has 1 unspecified atom stereocenters. The molecule has 3 aliphatic rings. The van der Waals surface area contributed by atoms with E-state index in [-0.39, 0.29) is 18.1 Å². The molecule has 4 rings (SSSR count). The first kappa shape index (κ1) is 21.0. The van der Waals surface area contributed by atoms with Gasteiger partial charge in [0.05, 0.1) is 11.8 Å². The fraction of sp³-hybridized carbons (Fsp3) is 0.652. The van der Waals surface area contributed by atoms with Crippen LogP contribution in [-0.4, -0.2) is 79.4 Å². The molecule has 0 bridgehead atoms. The predicted octanol–water partition coefficient (Wildman–Crippen LogP) is 2.75. The summed E-state index contributed by atoms with van der Waals surface area (Å²) in [6, 6.07) is 8.28. The number of anilines is 1. The van der Waals surface area contributed by atoms with Gasteiger partial charge in [-0.25, -0.2) is 0 Å². The molecule has 3 heterocycles. The lowest BCUT2D eigenvalue weighted by Gasteiger charge is -2.37. The number of nitrogens with zero attached hydrogens (tertiary/aromatic N) is 4. The van der Waals surface area contributed by atoms with E-state index in [1.807, 2.05) is 17.0 Å². The van der Waals surface area contributed by atoms with Crippen LogP contribution in [0.2, 0.25) is 0 Å². The summed E-state index contributed by atoms with van der Waals surface area (Å²) in [7, 11) is 0. The minimum Gasteiger partial charge on any atom is -0.489 e. The van der Waals surface area contributed by atoms with E-state index in [0.717, 1.165) is 64.4 Å². The molecule has 30 heavy (non-hydrogen) atoms. The van der Waals surface area contributed by atoms with Crippen LogP contribution in [-0.2, 0) is 9.63 Å². The monoisotopic (exact) mass is 414 g/mol. The van der Waals surface area contributed by atoms with Crippen LogP contribution >= 0.6 is 0 Å². The van der Waals surface area contributed by atoms with Crippen LogP contribution < -0.4 is 9.64 Å². The Bertz CT molecular complexity index is 753. The average molecular weight is 415 g/mol. The highest BCUT2D eigenvalue weighted by molar-refractivity contribution is 6.39. The molecule has 2 saturated heterocycles. The van der Waals surface area contributed by atoms with Gasteiger partial charge >= 0.3 is 0 Å². The van der Waals surface area contributed by atoms with Gasteiger partial charge in [-0.2, -0.15) is 0 Å². The van der Waals surface area contributed by atoms with Crippen LogP contribution in [0.1, 0.15) is 39.5 Å². The van der Waals surface area contributed by atoms with Crippen LogP contribution in [0.15, 0.2) is 29.4 Å². The van der Waals surface area contributed by atoms with E-state index in [4.69, 9.17) is 9.57 Å². The number of likely N-dealkylation sites (tertiary alicyclic amines) is 1. The number of piperazine rings is 1. The largest absolute Gasteiger partial charge is 0.489 e. The van der Waals surface area contributed by atoms with Crippen molar-refractivity contribution in [2.75, 3.05) is 50.7 Å². The third-order valence-electron chi connectivity index (χ3n) is 6.03. The van der Waals surface area contributed by atoms with Gasteiger partial charge in [-0.15, -0.1) is 0 Å². The number of rotatable bonds is 6. The molecule has 3 aliphatic heterocycles. The number of hydrogen-bond donors (Lipinski definition) is 0. The maximum absolute atomic E-state index is 12.6. The van der Waals surface area contributed by atoms with Gasteiger partial charge in [0.25, 0.3) is 5.91 Å². The zero-order valence-electron chi connectivity index (χ0n) is 18.3. The maximum Gasteiger partial charge on any atom is 0.271 e. The summed E-state index contributed by atoms with van der Waals surface area (Å²) in [5, 5.41) is 4.13. The lowest BCUT2D eigenvalue weighted by molar-refractivity contribution is -0.125. The minimum absolute atomic E-state index is 0.0168. The molecule has 1 amide bonds. The highest BCUT2D eigenvalue weighted by atomic mass is 16.6. The Labute approximate surface area is 179 Å². The Balaban J connectivity index is 1.25. The second-order valence-corrected chi connectivity index (χ2v) is 8.74. The van der Waals surface area contributed by atoms with Crippen molar-refractivity contribution < 1.29 is 14.4 Å². The third-order valence-corrected chi connectivity index (χ3v) is 6.03. The summed E-state index contributed by atoms with van der Waals surface area (Å²) in [5.74, 6) is 1.03.